The van der Waals surface area contributed by atoms with E-state index in [9.17, 15) is 32.7 Å². The van der Waals surface area contributed by atoms with Crippen molar-refractivity contribution in [1.82, 2.24) is 20.4 Å². The minimum atomic E-state index is -4.55. The molecule has 2 heterocycles. The third kappa shape index (κ3) is 5.04. The molecule has 42 heavy (non-hydrogen) atoms. The number of benzene rings is 1. The number of alkyl halides is 3. The molecule has 6 rings (SSSR count). The van der Waals surface area contributed by atoms with E-state index in [1.165, 1.54) is 18.2 Å². The van der Waals surface area contributed by atoms with Crippen molar-refractivity contribution in [2.45, 2.75) is 75.4 Å². The molecule has 2 unspecified atom stereocenters. The Labute approximate surface area is 245 Å². The summed E-state index contributed by atoms with van der Waals surface area (Å²) in [6.07, 6.45) is 0.228. The highest BCUT2D eigenvalue weighted by Crippen LogP contribution is 2.60. The van der Waals surface area contributed by atoms with Gasteiger partial charge in [-0.3, -0.25) is 14.4 Å². The van der Waals surface area contributed by atoms with Crippen molar-refractivity contribution in [3.63, 3.8) is 0 Å². The first-order valence-corrected chi connectivity index (χ1v) is 14.8. The zero-order valence-electron chi connectivity index (χ0n) is 22.9. The molecule has 1 aromatic heterocycles. The van der Waals surface area contributed by atoms with E-state index in [0.717, 1.165) is 28.8 Å². The summed E-state index contributed by atoms with van der Waals surface area (Å²) in [6.45, 7) is 1.51. The molecular formula is C30H32ClF3N4O4. The maximum absolute atomic E-state index is 14.2. The lowest BCUT2D eigenvalue weighted by molar-refractivity contribution is -0.160. The lowest BCUT2D eigenvalue weighted by Crippen LogP contribution is -2.42. The second-order valence-corrected chi connectivity index (χ2v) is 12.3. The fourth-order valence-electron chi connectivity index (χ4n) is 6.71. The quantitative estimate of drug-likeness (QED) is 0.442. The Bertz CT molecular complexity index is 1470. The van der Waals surface area contributed by atoms with Gasteiger partial charge >= 0.3 is 12.1 Å². The van der Waals surface area contributed by atoms with E-state index in [1.54, 1.807) is 0 Å². The molecular weight excluding hydrogens is 573 g/mol. The number of nitrogens with one attached hydrogen (secondary N) is 2. The van der Waals surface area contributed by atoms with E-state index in [2.05, 4.69) is 15.7 Å². The van der Waals surface area contributed by atoms with Crippen molar-refractivity contribution in [2.24, 2.45) is 11.8 Å². The van der Waals surface area contributed by atoms with Gasteiger partial charge in [-0.2, -0.15) is 23.0 Å². The molecule has 1 aliphatic heterocycles. The van der Waals surface area contributed by atoms with E-state index in [1.807, 2.05) is 6.08 Å². The maximum Gasteiger partial charge on any atom is 0.398 e. The Morgan fingerprint density at radius 1 is 1.12 bits per heavy atom. The van der Waals surface area contributed by atoms with Gasteiger partial charge in [-0.15, -0.1) is 0 Å². The largest absolute Gasteiger partial charge is 0.481 e. The van der Waals surface area contributed by atoms with Gasteiger partial charge in [0, 0.05) is 30.5 Å². The number of aliphatic carboxylic acids is 1. The second-order valence-electron chi connectivity index (χ2n) is 11.9. The first kappa shape index (κ1) is 28.9. The van der Waals surface area contributed by atoms with Crippen molar-refractivity contribution in [3.05, 3.63) is 57.4 Å². The van der Waals surface area contributed by atoms with Crippen LogP contribution in [0.15, 0.2) is 24.3 Å². The summed E-state index contributed by atoms with van der Waals surface area (Å²) in [7, 11) is 0. The van der Waals surface area contributed by atoms with Crippen LogP contribution in [0.2, 0.25) is 5.02 Å². The number of rotatable bonds is 6. The standard InChI is InChI=1S/C30H32ClF3N4O4/c31-22-3-1-2-21(29(11-12-29)30(32,33)34)24(22)27(40)38-23-14-18(26(39)36-19-10-13-35-15-19)8-9-20(23)25(37-38)16-4-6-17(7-5-16)28(41)42/h1-4,17-19,35H,5-15H2,(H,36,39)(H,41,42)/t17?,18?,19-/m1/s1. The van der Waals surface area contributed by atoms with Crippen molar-refractivity contribution < 1.29 is 32.7 Å². The van der Waals surface area contributed by atoms with Crippen LogP contribution in [0.1, 0.15) is 77.8 Å². The Kier molecular flexibility index (Phi) is 7.45. The normalized spacial score (nSPS) is 25.0. The number of hydrogen-bond acceptors (Lipinski definition) is 5. The summed E-state index contributed by atoms with van der Waals surface area (Å²) in [5.41, 5.74) is 0.121. The van der Waals surface area contributed by atoms with Crippen LogP contribution in [0.3, 0.4) is 0 Å². The van der Waals surface area contributed by atoms with Crippen LogP contribution in [-0.2, 0) is 27.8 Å². The summed E-state index contributed by atoms with van der Waals surface area (Å²) in [6, 6.07) is 4.17. The number of fused-ring (bicyclic) bond motifs is 1. The number of amides is 1. The van der Waals surface area contributed by atoms with Gasteiger partial charge in [-0.25, -0.2) is 0 Å². The van der Waals surface area contributed by atoms with Crippen LogP contribution in [0.25, 0.3) is 5.57 Å². The van der Waals surface area contributed by atoms with Crippen LogP contribution < -0.4 is 10.6 Å². The minimum Gasteiger partial charge on any atom is -0.481 e. The van der Waals surface area contributed by atoms with Crippen LogP contribution >= 0.6 is 11.6 Å². The molecule has 3 atom stereocenters. The average Bonchev–Trinajstić information content (AvgIpc) is 3.48. The molecule has 8 nitrogen and oxygen atoms in total. The van der Waals surface area contributed by atoms with Gasteiger partial charge in [-0.1, -0.05) is 29.8 Å². The Morgan fingerprint density at radius 3 is 2.50 bits per heavy atom. The summed E-state index contributed by atoms with van der Waals surface area (Å²) in [5.74, 6) is -2.68. The van der Waals surface area contributed by atoms with E-state index in [0.29, 0.717) is 50.0 Å². The summed E-state index contributed by atoms with van der Waals surface area (Å²) < 4.78 is 43.8. The first-order chi connectivity index (χ1) is 20.0. The molecule has 1 saturated carbocycles. The number of carbonyl (C=O) groups excluding carboxylic acids is 2. The number of carboxylic acid groups (broad SMARTS) is 1. The van der Waals surface area contributed by atoms with Crippen LogP contribution in [0.4, 0.5) is 13.2 Å². The third-order valence-electron chi connectivity index (χ3n) is 9.34. The van der Waals surface area contributed by atoms with Gasteiger partial charge in [0.1, 0.15) is 0 Å². The molecule has 0 bridgehead atoms. The number of carbonyl (C=O) groups is 3. The maximum atomic E-state index is 14.2. The monoisotopic (exact) mass is 604 g/mol. The molecule has 12 heteroatoms. The summed E-state index contributed by atoms with van der Waals surface area (Å²) in [5, 5.41) is 20.3. The second kappa shape index (κ2) is 10.8. The number of carboxylic acids is 1. The Balaban J connectivity index is 1.40. The Hall–Kier alpha value is -3.18. The molecule has 1 saturated heterocycles. The number of halogens is 4. The highest BCUT2D eigenvalue weighted by atomic mass is 35.5. The predicted octanol–water partition coefficient (Wildman–Crippen LogP) is 4.67. The first-order valence-electron chi connectivity index (χ1n) is 14.4. The molecule has 2 fully saturated rings. The van der Waals surface area contributed by atoms with E-state index >= 15 is 0 Å². The number of allylic oxidation sites excluding steroid dienone is 2. The van der Waals surface area contributed by atoms with Crippen LogP contribution in [0.5, 0.6) is 0 Å². The molecule has 4 aliphatic rings. The van der Waals surface area contributed by atoms with Crippen molar-refractivity contribution >= 4 is 35.0 Å². The smallest absolute Gasteiger partial charge is 0.398 e. The topological polar surface area (TPSA) is 113 Å². The lowest BCUT2D eigenvalue weighted by atomic mass is 9.82. The molecule has 3 N–H and O–H groups in total. The molecule has 0 spiro atoms. The number of aromatic nitrogens is 2. The molecule has 0 radical (unpaired) electrons. The molecule has 2 aromatic rings. The van der Waals surface area contributed by atoms with Crippen LogP contribution in [-0.4, -0.2) is 58.0 Å². The van der Waals surface area contributed by atoms with Crippen molar-refractivity contribution in [1.29, 1.82) is 0 Å². The Morgan fingerprint density at radius 2 is 1.88 bits per heavy atom. The van der Waals surface area contributed by atoms with Gasteiger partial charge in [0.15, 0.2) is 0 Å². The third-order valence-corrected chi connectivity index (χ3v) is 9.66. The molecule has 1 aromatic carbocycles. The number of nitrogens with zero attached hydrogens (tertiary/aromatic N) is 2. The zero-order chi connectivity index (χ0) is 29.8. The average molecular weight is 605 g/mol. The van der Waals surface area contributed by atoms with Gasteiger partial charge in [0.05, 0.1) is 33.3 Å². The van der Waals surface area contributed by atoms with Gasteiger partial charge in [0.2, 0.25) is 5.91 Å². The fraction of sp³-hybridized carbons (Fsp3) is 0.533. The minimum absolute atomic E-state index is 0.0263. The van der Waals surface area contributed by atoms with Crippen LogP contribution in [0, 0.1) is 11.8 Å². The summed E-state index contributed by atoms with van der Waals surface area (Å²) >= 11 is 6.45. The van der Waals surface area contributed by atoms with E-state index in [4.69, 9.17) is 11.6 Å². The summed E-state index contributed by atoms with van der Waals surface area (Å²) in [4.78, 5) is 38.9. The highest BCUT2D eigenvalue weighted by molar-refractivity contribution is 6.34. The van der Waals surface area contributed by atoms with Crippen molar-refractivity contribution in [3.8, 4) is 0 Å². The van der Waals surface area contributed by atoms with Gasteiger partial charge in [-0.05, 0) is 75.1 Å². The molecule has 224 valence electrons. The fourth-order valence-corrected chi connectivity index (χ4v) is 6.96. The van der Waals surface area contributed by atoms with E-state index < -0.39 is 35.3 Å². The highest BCUT2D eigenvalue weighted by Gasteiger charge is 2.65. The SMILES string of the molecule is O=C(O)C1CC=C(c2nn(C(=O)c3c(Cl)cccc3C3(C(F)(F)F)CC3)c3c2CCC(C(=O)N[C@@H]2CCNC2)C3)CC1. The van der Waals surface area contributed by atoms with E-state index in [-0.39, 0.29) is 47.4 Å². The number of hydrogen-bond donors (Lipinski definition) is 3. The molecule has 3 aliphatic carbocycles. The van der Waals surface area contributed by atoms with Gasteiger partial charge in [0.25, 0.3) is 5.91 Å². The predicted molar refractivity (Wildman–Crippen MR) is 148 cm³/mol. The van der Waals surface area contributed by atoms with Gasteiger partial charge < -0.3 is 15.7 Å². The molecule has 1 amide bonds. The zero-order valence-corrected chi connectivity index (χ0v) is 23.7. The van der Waals surface area contributed by atoms with Crippen molar-refractivity contribution in [2.75, 3.05) is 13.1 Å². The lowest BCUT2D eigenvalue weighted by Gasteiger charge is -2.25.